The van der Waals surface area contributed by atoms with E-state index in [1.165, 1.54) is 6.26 Å². The fraction of sp³-hybridized carbons (Fsp3) is 0.929. The molecule has 5 nitrogen and oxygen atoms in total. The van der Waals surface area contributed by atoms with Crippen molar-refractivity contribution in [2.45, 2.75) is 45.6 Å². The lowest BCUT2D eigenvalue weighted by molar-refractivity contribution is -0.132. The lowest BCUT2D eigenvalue weighted by atomic mass is 9.93. The maximum Gasteiger partial charge on any atom is 0.222 e. The van der Waals surface area contributed by atoms with Crippen LogP contribution in [-0.2, 0) is 14.6 Å². The van der Waals surface area contributed by atoms with Crippen LogP contribution in [0.15, 0.2) is 0 Å². The predicted molar refractivity (Wildman–Crippen MR) is 81.4 cm³/mol. The maximum absolute atomic E-state index is 12.3. The van der Waals surface area contributed by atoms with Crippen molar-refractivity contribution in [1.82, 2.24) is 10.2 Å². The second kappa shape index (κ2) is 7.98. The molecular weight excluding hydrogens is 276 g/mol. The van der Waals surface area contributed by atoms with Crippen molar-refractivity contribution in [1.29, 1.82) is 0 Å². The van der Waals surface area contributed by atoms with Crippen LogP contribution < -0.4 is 5.32 Å². The SMILES string of the molecule is CCN(C(=O)CCC1CCNCC1)C(C)CS(C)(=O)=O. The third kappa shape index (κ3) is 6.22. The normalized spacial score (nSPS) is 18.8. The van der Waals surface area contributed by atoms with Gasteiger partial charge in [-0.25, -0.2) is 8.42 Å². The molecule has 1 fully saturated rings. The van der Waals surface area contributed by atoms with E-state index in [2.05, 4.69) is 5.32 Å². The van der Waals surface area contributed by atoms with Crippen LogP contribution in [0.3, 0.4) is 0 Å². The summed E-state index contributed by atoms with van der Waals surface area (Å²) in [5.74, 6) is 0.756. The molecule has 0 aliphatic carbocycles. The van der Waals surface area contributed by atoms with Gasteiger partial charge in [-0.3, -0.25) is 4.79 Å². The number of nitrogens with one attached hydrogen (secondary N) is 1. The Morgan fingerprint density at radius 2 is 1.95 bits per heavy atom. The maximum atomic E-state index is 12.3. The van der Waals surface area contributed by atoms with E-state index >= 15 is 0 Å². The Morgan fingerprint density at radius 1 is 1.35 bits per heavy atom. The molecule has 1 atom stereocenters. The molecule has 0 radical (unpaired) electrons. The first-order valence-corrected chi connectivity index (χ1v) is 9.57. The smallest absolute Gasteiger partial charge is 0.222 e. The number of sulfone groups is 1. The van der Waals surface area contributed by atoms with E-state index in [-0.39, 0.29) is 17.7 Å². The van der Waals surface area contributed by atoms with E-state index in [1.807, 2.05) is 13.8 Å². The van der Waals surface area contributed by atoms with Gasteiger partial charge in [0, 0.05) is 25.3 Å². The van der Waals surface area contributed by atoms with Gasteiger partial charge in [-0.1, -0.05) is 0 Å². The van der Waals surface area contributed by atoms with Crippen molar-refractivity contribution in [3.8, 4) is 0 Å². The van der Waals surface area contributed by atoms with Gasteiger partial charge in [0.15, 0.2) is 0 Å². The van der Waals surface area contributed by atoms with E-state index in [0.29, 0.717) is 18.9 Å². The first kappa shape index (κ1) is 17.4. The van der Waals surface area contributed by atoms with Crippen molar-refractivity contribution >= 4 is 15.7 Å². The summed E-state index contributed by atoms with van der Waals surface area (Å²) in [7, 11) is -3.05. The lowest BCUT2D eigenvalue weighted by Crippen LogP contribution is -2.42. The lowest BCUT2D eigenvalue weighted by Gasteiger charge is -2.29. The average molecular weight is 304 g/mol. The van der Waals surface area contributed by atoms with Gasteiger partial charge >= 0.3 is 0 Å². The Hall–Kier alpha value is -0.620. The number of piperidine rings is 1. The van der Waals surface area contributed by atoms with Gasteiger partial charge in [0.1, 0.15) is 9.84 Å². The first-order chi connectivity index (χ1) is 9.33. The fourth-order valence-electron chi connectivity index (χ4n) is 2.90. The zero-order valence-electron chi connectivity index (χ0n) is 12.9. The standard InChI is InChI=1S/C14H28N2O3S/c1-4-16(12(2)11-20(3,18)19)14(17)6-5-13-7-9-15-10-8-13/h12-13,15H,4-11H2,1-3H3. The van der Waals surface area contributed by atoms with E-state index in [4.69, 9.17) is 0 Å². The van der Waals surface area contributed by atoms with Gasteiger partial charge in [0.25, 0.3) is 0 Å². The molecule has 20 heavy (non-hydrogen) atoms. The molecule has 1 heterocycles. The average Bonchev–Trinajstić information content (AvgIpc) is 2.36. The fourth-order valence-corrected chi connectivity index (χ4v) is 3.96. The van der Waals surface area contributed by atoms with Gasteiger partial charge in [-0.05, 0) is 52.1 Å². The minimum absolute atomic E-state index is 0.0416. The number of nitrogens with zero attached hydrogens (tertiary/aromatic N) is 1. The molecule has 1 saturated heterocycles. The van der Waals surface area contributed by atoms with E-state index < -0.39 is 9.84 Å². The van der Waals surface area contributed by atoms with Crippen LogP contribution in [0, 0.1) is 5.92 Å². The zero-order chi connectivity index (χ0) is 15.2. The quantitative estimate of drug-likeness (QED) is 0.763. The third-order valence-electron chi connectivity index (χ3n) is 3.96. The summed E-state index contributed by atoms with van der Waals surface area (Å²) in [5, 5.41) is 3.32. The topological polar surface area (TPSA) is 66.5 Å². The van der Waals surface area contributed by atoms with Gasteiger partial charge in [-0.2, -0.15) is 0 Å². The van der Waals surface area contributed by atoms with Crippen molar-refractivity contribution in [2.75, 3.05) is 31.6 Å². The van der Waals surface area contributed by atoms with Crippen LogP contribution in [0.25, 0.3) is 0 Å². The van der Waals surface area contributed by atoms with Gasteiger partial charge in [-0.15, -0.1) is 0 Å². The first-order valence-electron chi connectivity index (χ1n) is 7.51. The molecule has 0 saturated carbocycles. The third-order valence-corrected chi connectivity index (χ3v) is 5.05. The van der Waals surface area contributed by atoms with E-state index in [9.17, 15) is 13.2 Å². The van der Waals surface area contributed by atoms with Gasteiger partial charge < -0.3 is 10.2 Å². The highest BCUT2D eigenvalue weighted by Crippen LogP contribution is 2.19. The van der Waals surface area contributed by atoms with Crippen LogP contribution in [0.4, 0.5) is 0 Å². The summed E-state index contributed by atoms with van der Waals surface area (Å²) in [6, 6.07) is -0.240. The van der Waals surface area contributed by atoms with Crippen LogP contribution in [-0.4, -0.2) is 56.9 Å². The molecule has 118 valence electrons. The molecule has 0 spiro atoms. The Bertz CT molecular complexity index is 403. The summed E-state index contributed by atoms with van der Waals surface area (Å²) in [5.41, 5.74) is 0. The van der Waals surface area contributed by atoms with Crippen LogP contribution in [0.2, 0.25) is 0 Å². The molecule has 0 aromatic heterocycles. The molecule has 0 bridgehead atoms. The molecule has 0 aromatic rings. The second-order valence-corrected chi connectivity index (χ2v) is 8.04. The van der Waals surface area contributed by atoms with E-state index in [0.717, 1.165) is 32.4 Å². The second-order valence-electron chi connectivity index (χ2n) is 5.85. The van der Waals surface area contributed by atoms with Crippen molar-refractivity contribution in [3.05, 3.63) is 0 Å². The molecular formula is C14H28N2O3S. The number of hydrogen-bond acceptors (Lipinski definition) is 4. The van der Waals surface area contributed by atoms with Crippen LogP contribution in [0.1, 0.15) is 39.5 Å². The number of carbonyl (C=O) groups is 1. The summed E-state index contributed by atoms with van der Waals surface area (Å²) in [6.07, 6.45) is 4.95. The number of carbonyl (C=O) groups excluding carboxylic acids is 1. The Labute approximate surface area is 123 Å². The molecule has 1 aliphatic rings. The summed E-state index contributed by atoms with van der Waals surface area (Å²) in [4.78, 5) is 14.0. The molecule has 1 unspecified atom stereocenters. The monoisotopic (exact) mass is 304 g/mol. The highest BCUT2D eigenvalue weighted by Gasteiger charge is 2.23. The Balaban J connectivity index is 2.45. The van der Waals surface area contributed by atoms with E-state index in [1.54, 1.807) is 4.90 Å². The molecule has 0 aromatic carbocycles. The molecule has 1 rings (SSSR count). The number of rotatable bonds is 7. The summed E-state index contributed by atoms with van der Waals surface area (Å²) < 4.78 is 22.7. The summed E-state index contributed by atoms with van der Waals surface area (Å²) >= 11 is 0. The van der Waals surface area contributed by atoms with Crippen molar-refractivity contribution < 1.29 is 13.2 Å². The number of hydrogen-bond donors (Lipinski definition) is 1. The van der Waals surface area contributed by atoms with Gasteiger partial charge in [0.2, 0.25) is 5.91 Å². The predicted octanol–water partition coefficient (Wildman–Crippen LogP) is 1.05. The Morgan fingerprint density at radius 3 is 2.45 bits per heavy atom. The van der Waals surface area contributed by atoms with Crippen molar-refractivity contribution in [2.24, 2.45) is 5.92 Å². The summed E-state index contributed by atoms with van der Waals surface area (Å²) in [6.45, 7) is 6.37. The highest BCUT2D eigenvalue weighted by molar-refractivity contribution is 7.90. The van der Waals surface area contributed by atoms with Gasteiger partial charge in [0.05, 0.1) is 5.75 Å². The minimum Gasteiger partial charge on any atom is -0.339 e. The molecule has 6 heteroatoms. The minimum atomic E-state index is -3.05. The molecule has 1 N–H and O–H groups in total. The van der Waals surface area contributed by atoms with Crippen LogP contribution in [0.5, 0.6) is 0 Å². The number of amides is 1. The molecule has 1 amide bonds. The Kier molecular flexibility index (Phi) is 6.95. The van der Waals surface area contributed by atoms with Crippen molar-refractivity contribution in [3.63, 3.8) is 0 Å². The molecule has 1 aliphatic heterocycles. The zero-order valence-corrected chi connectivity index (χ0v) is 13.7. The largest absolute Gasteiger partial charge is 0.339 e. The van der Waals surface area contributed by atoms with Crippen LogP contribution >= 0.6 is 0 Å². The highest BCUT2D eigenvalue weighted by atomic mass is 32.2.